The van der Waals surface area contributed by atoms with Gasteiger partial charge in [0.1, 0.15) is 5.65 Å². The van der Waals surface area contributed by atoms with E-state index in [4.69, 9.17) is 4.98 Å². The first-order valence-corrected chi connectivity index (χ1v) is 10.1. The van der Waals surface area contributed by atoms with Crippen LogP contribution < -0.4 is 5.32 Å². The fourth-order valence-electron chi connectivity index (χ4n) is 3.64. The van der Waals surface area contributed by atoms with E-state index in [0.717, 1.165) is 33.8 Å². The van der Waals surface area contributed by atoms with Crippen molar-refractivity contribution in [3.8, 4) is 16.9 Å². The third kappa shape index (κ3) is 3.59. The molecule has 0 atom stereocenters. The van der Waals surface area contributed by atoms with E-state index in [2.05, 4.69) is 10.4 Å². The molecule has 0 bridgehead atoms. The minimum Gasteiger partial charge on any atom is -0.322 e. The van der Waals surface area contributed by atoms with Crippen molar-refractivity contribution in [2.24, 2.45) is 0 Å². The lowest BCUT2D eigenvalue weighted by molar-refractivity contribution is 0.102. The van der Waals surface area contributed by atoms with Gasteiger partial charge in [-0.3, -0.25) is 4.79 Å². The average Bonchev–Trinajstić information content (AvgIpc) is 3.37. The van der Waals surface area contributed by atoms with Gasteiger partial charge in [-0.1, -0.05) is 30.3 Å². The highest BCUT2D eigenvalue weighted by Crippen LogP contribution is 2.24. The Bertz CT molecular complexity index is 1400. The van der Waals surface area contributed by atoms with Gasteiger partial charge in [-0.05, 0) is 55.8 Å². The van der Waals surface area contributed by atoms with Crippen LogP contribution in [0.3, 0.4) is 0 Å². The van der Waals surface area contributed by atoms with E-state index in [1.807, 2.05) is 97.4 Å². The monoisotopic (exact) mass is 407 g/mol. The standard InChI is InChI=1S/C25H21N5O/c1-17-11-12-29-16-23(28-24(29)13-17)19-7-6-8-20(14-19)27-25(31)22-15-26-30(18(22)2)21-9-4-3-5-10-21/h3-16H,1-2H3,(H,27,31). The van der Waals surface area contributed by atoms with E-state index in [1.165, 1.54) is 0 Å². The summed E-state index contributed by atoms with van der Waals surface area (Å²) in [6, 6.07) is 21.6. The highest BCUT2D eigenvalue weighted by molar-refractivity contribution is 6.05. The van der Waals surface area contributed by atoms with Crippen LogP contribution in [-0.4, -0.2) is 25.1 Å². The molecule has 0 aliphatic carbocycles. The summed E-state index contributed by atoms with van der Waals surface area (Å²) in [7, 11) is 0. The van der Waals surface area contributed by atoms with E-state index in [1.54, 1.807) is 10.9 Å². The Balaban J connectivity index is 1.41. The van der Waals surface area contributed by atoms with Crippen molar-refractivity contribution in [3.63, 3.8) is 0 Å². The third-order valence-corrected chi connectivity index (χ3v) is 5.29. The number of anilines is 1. The van der Waals surface area contributed by atoms with E-state index < -0.39 is 0 Å². The molecular formula is C25H21N5O. The van der Waals surface area contributed by atoms with E-state index in [0.29, 0.717) is 11.3 Å². The summed E-state index contributed by atoms with van der Waals surface area (Å²) in [6.45, 7) is 3.94. The number of aromatic nitrogens is 4. The molecule has 0 radical (unpaired) electrons. The number of carbonyl (C=O) groups excluding carboxylic acids is 1. The highest BCUT2D eigenvalue weighted by Gasteiger charge is 2.16. The van der Waals surface area contributed by atoms with Gasteiger partial charge in [0.15, 0.2) is 0 Å². The number of carbonyl (C=O) groups is 1. The number of pyridine rings is 1. The van der Waals surface area contributed by atoms with Gasteiger partial charge < -0.3 is 9.72 Å². The van der Waals surface area contributed by atoms with E-state index >= 15 is 0 Å². The molecule has 5 rings (SSSR count). The molecule has 0 aliphatic heterocycles. The molecule has 0 unspecified atom stereocenters. The second-order valence-corrected chi connectivity index (χ2v) is 7.52. The zero-order valence-electron chi connectivity index (χ0n) is 17.3. The van der Waals surface area contributed by atoms with Crippen LogP contribution in [-0.2, 0) is 0 Å². The van der Waals surface area contributed by atoms with Crippen LogP contribution in [0.5, 0.6) is 0 Å². The van der Waals surface area contributed by atoms with Gasteiger partial charge in [0.25, 0.3) is 5.91 Å². The summed E-state index contributed by atoms with van der Waals surface area (Å²) in [6.07, 6.45) is 5.59. The fraction of sp³-hybridized carbons (Fsp3) is 0.0800. The maximum absolute atomic E-state index is 12.9. The number of rotatable bonds is 4. The van der Waals surface area contributed by atoms with Gasteiger partial charge in [-0.25, -0.2) is 9.67 Å². The quantitative estimate of drug-likeness (QED) is 0.453. The van der Waals surface area contributed by atoms with Crippen LogP contribution in [0.25, 0.3) is 22.6 Å². The van der Waals surface area contributed by atoms with Crippen molar-refractivity contribution in [2.45, 2.75) is 13.8 Å². The molecule has 31 heavy (non-hydrogen) atoms. The average molecular weight is 407 g/mol. The van der Waals surface area contributed by atoms with E-state index in [-0.39, 0.29) is 5.91 Å². The summed E-state index contributed by atoms with van der Waals surface area (Å²) in [5.74, 6) is -0.192. The zero-order chi connectivity index (χ0) is 21.4. The number of nitrogens with zero attached hydrogens (tertiary/aromatic N) is 4. The van der Waals surface area contributed by atoms with Crippen LogP contribution in [0.4, 0.5) is 5.69 Å². The van der Waals surface area contributed by atoms with Crippen LogP contribution in [0.15, 0.2) is 85.3 Å². The number of imidazole rings is 1. The number of nitrogens with one attached hydrogen (secondary N) is 1. The Morgan fingerprint density at radius 1 is 0.968 bits per heavy atom. The maximum Gasteiger partial charge on any atom is 0.259 e. The first-order chi connectivity index (χ1) is 15.1. The highest BCUT2D eigenvalue weighted by atomic mass is 16.1. The van der Waals surface area contributed by atoms with Gasteiger partial charge >= 0.3 is 0 Å². The van der Waals surface area contributed by atoms with Crippen molar-refractivity contribution >= 4 is 17.2 Å². The third-order valence-electron chi connectivity index (χ3n) is 5.29. The molecule has 3 aromatic heterocycles. The summed E-state index contributed by atoms with van der Waals surface area (Å²) in [5.41, 5.74) is 6.81. The van der Waals surface area contributed by atoms with Crippen LogP contribution in [0, 0.1) is 13.8 Å². The Labute approximate surface area is 179 Å². The Hall–Kier alpha value is -4.19. The normalized spacial score (nSPS) is 11.0. The number of amides is 1. The van der Waals surface area contributed by atoms with Crippen molar-refractivity contribution in [3.05, 3.63) is 102 Å². The molecule has 3 heterocycles. The first kappa shape index (κ1) is 18.8. The van der Waals surface area contributed by atoms with Crippen molar-refractivity contribution < 1.29 is 4.79 Å². The second kappa shape index (κ2) is 7.57. The molecule has 0 aliphatic rings. The molecule has 0 fully saturated rings. The summed E-state index contributed by atoms with van der Waals surface area (Å²) >= 11 is 0. The lowest BCUT2D eigenvalue weighted by Gasteiger charge is -2.07. The molecule has 0 spiro atoms. The Kier molecular flexibility index (Phi) is 4.59. The summed E-state index contributed by atoms with van der Waals surface area (Å²) in [5, 5.41) is 7.38. The molecule has 2 aromatic carbocycles. The second-order valence-electron chi connectivity index (χ2n) is 7.52. The van der Waals surface area contributed by atoms with Crippen LogP contribution >= 0.6 is 0 Å². The Morgan fingerprint density at radius 2 is 1.81 bits per heavy atom. The number of hydrogen-bond donors (Lipinski definition) is 1. The Morgan fingerprint density at radius 3 is 2.65 bits per heavy atom. The SMILES string of the molecule is Cc1ccn2cc(-c3cccc(NC(=O)c4cnn(-c5ccccc5)c4C)c3)nc2c1. The number of para-hydroxylation sites is 1. The molecule has 6 heteroatoms. The molecule has 0 saturated carbocycles. The number of aryl methyl sites for hydroxylation is 1. The minimum absolute atomic E-state index is 0.192. The van der Waals surface area contributed by atoms with Crippen molar-refractivity contribution in [1.82, 2.24) is 19.2 Å². The summed E-state index contributed by atoms with van der Waals surface area (Å²) in [4.78, 5) is 17.6. The largest absolute Gasteiger partial charge is 0.322 e. The lowest BCUT2D eigenvalue weighted by atomic mass is 10.1. The van der Waals surface area contributed by atoms with Crippen molar-refractivity contribution in [2.75, 3.05) is 5.32 Å². The van der Waals surface area contributed by atoms with E-state index in [9.17, 15) is 4.79 Å². The molecule has 1 N–H and O–H groups in total. The van der Waals surface area contributed by atoms with Gasteiger partial charge in [-0.15, -0.1) is 0 Å². The molecule has 6 nitrogen and oxygen atoms in total. The summed E-state index contributed by atoms with van der Waals surface area (Å²) < 4.78 is 3.76. The predicted octanol–water partition coefficient (Wildman–Crippen LogP) is 5.06. The fourth-order valence-corrected chi connectivity index (χ4v) is 3.64. The number of benzene rings is 2. The smallest absolute Gasteiger partial charge is 0.259 e. The maximum atomic E-state index is 12.9. The van der Waals surface area contributed by atoms with Crippen molar-refractivity contribution in [1.29, 1.82) is 0 Å². The predicted molar refractivity (Wildman–Crippen MR) is 122 cm³/mol. The first-order valence-electron chi connectivity index (χ1n) is 10.1. The van der Waals surface area contributed by atoms with Gasteiger partial charge in [0, 0.05) is 23.6 Å². The molecular weight excluding hydrogens is 386 g/mol. The van der Waals surface area contributed by atoms with Gasteiger partial charge in [-0.2, -0.15) is 5.10 Å². The minimum atomic E-state index is -0.192. The van der Waals surface area contributed by atoms with Gasteiger partial charge in [0.05, 0.1) is 28.8 Å². The number of hydrogen-bond acceptors (Lipinski definition) is 3. The van der Waals surface area contributed by atoms with Crippen LogP contribution in [0.1, 0.15) is 21.6 Å². The van der Waals surface area contributed by atoms with Gasteiger partial charge in [0.2, 0.25) is 0 Å². The van der Waals surface area contributed by atoms with Crippen LogP contribution in [0.2, 0.25) is 0 Å². The lowest BCUT2D eigenvalue weighted by Crippen LogP contribution is -2.13. The molecule has 152 valence electrons. The number of fused-ring (bicyclic) bond motifs is 1. The molecule has 1 amide bonds. The topological polar surface area (TPSA) is 64.2 Å². The zero-order valence-corrected chi connectivity index (χ0v) is 17.3. The molecule has 0 saturated heterocycles. The molecule has 5 aromatic rings.